The molecule has 1 atom stereocenters. The van der Waals surface area contributed by atoms with Gasteiger partial charge >= 0.3 is 0 Å². The van der Waals surface area contributed by atoms with Gasteiger partial charge in [-0.15, -0.1) is 0 Å². The SMILES string of the molecule is Cc1ccc(C(CO)NC2CCCC2)cc1. The number of rotatable bonds is 4. The van der Waals surface area contributed by atoms with Crippen LogP contribution < -0.4 is 5.32 Å². The van der Waals surface area contributed by atoms with Gasteiger partial charge in [-0.2, -0.15) is 0 Å². The molecule has 0 bridgehead atoms. The molecule has 0 amide bonds. The third-order valence-corrected chi connectivity index (χ3v) is 3.45. The van der Waals surface area contributed by atoms with Gasteiger partial charge in [-0.25, -0.2) is 0 Å². The summed E-state index contributed by atoms with van der Waals surface area (Å²) in [7, 11) is 0. The number of hydrogen-bond acceptors (Lipinski definition) is 2. The van der Waals surface area contributed by atoms with Crippen molar-refractivity contribution in [3.63, 3.8) is 0 Å². The topological polar surface area (TPSA) is 32.3 Å². The van der Waals surface area contributed by atoms with Crippen molar-refractivity contribution in [1.82, 2.24) is 5.32 Å². The van der Waals surface area contributed by atoms with E-state index < -0.39 is 0 Å². The maximum Gasteiger partial charge on any atom is 0.0626 e. The molecule has 0 radical (unpaired) electrons. The molecule has 1 fully saturated rings. The molecule has 0 aliphatic heterocycles. The Kier molecular flexibility index (Phi) is 3.97. The van der Waals surface area contributed by atoms with Gasteiger partial charge in [0.15, 0.2) is 0 Å². The lowest BCUT2D eigenvalue weighted by molar-refractivity contribution is 0.233. The van der Waals surface area contributed by atoms with E-state index in [2.05, 4.69) is 36.5 Å². The largest absolute Gasteiger partial charge is 0.394 e. The van der Waals surface area contributed by atoms with Crippen molar-refractivity contribution in [2.75, 3.05) is 6.61 Å². The van der Waals surface area contributed by atoms with Crippen LogP contribution in [0.5, 0.6) is 0 Å². The maximum atomic E-state index is 9.45. The molecule has 1 aliphatic rings. The Balaban J connectivity index is 2.00. The van der Waals surface area contributed by atoms with Crippen LogP contribution in [0.1, 0.15) is 42.9 Å². The molecular weight excluding hydrogens is 198 g/mol. The predicted octanol–water partition coefficient (Wildman–Crippen LogP) is 2.56. The standard InChI is InChI=1S/C14H21NO/c1-11-6-8-12(9-7-11)14(10-16)15-13-4-2-3-5-13/h6-9,13-16H,2-5,10H2,1H3. The molecule has 1 unspecified atom stereocenters. The molecule has 0 aromatic heterocycles. The molecule has 2 nitrogen and oxygen atoms in total. The highest BCUT2D eigenvalue weighted by atomic mass is 16.3. The molecule has 16 heavy (non-hydrogen) atoms. The van der Waals surface area contributed by atoms with Gasteiger partial charge in [-0.1, -0.05) is 42.7 Å². The van der Waals surface area contributed by atoms with Gasteiger partial charge in [0, 0.05) is 6.04 Å². The number of benzene rings is 1. The highest BCUT2D eigenvalue weighted by Gasteiger charge is 2.19. The molecule has 1 aliphatic carbocycles. The van der Waals surface area contributed by atoms with Gasteiger partial charge in [-0.05, 0) is 25.3 Å². The van der Waals surface area contributed by atoms with E-state index in [-0.39, 0.29) is 12.6 Å². The number of aliphatic hydroxyl groups excluding tert-OH is 1. The predicted molar refractivity (Wildman–Crippen MR) is 66.4 cm³/mol. The number of aliphatic hydroxyl groups is 1. The first-order valence-electron chi connectivity index (χ1n) is 6.23. The van der Waals surface area contributed by atoms with Crippen molar-refractivity contribution in [3.8, 4) is 0 Å². The molecule has 1 saturated carbocycles. The molecule has 0 spiro atoms. The van der Waals surface area contributed by atoms with Crippen LogP contribution in [0.15, 0.2) is 24.3 Å². The Morgan fingerprint density at radius 2 is 1.88 bits per heavy atom. The third-order valence-electron chi connectivity index (χ3n) is 3.45. The van der Waals surface area contributed by atoms with E-state index in [1.54, 1.807) is 0 Å². The minimum Gasteiger partial charge on any atom is -0.394 e. The van der Waals surface area contributed by atoms with Gasteiger partial charge in [0.2, 0.25) is 0 Å². The Hall–Kier alpha value is -0.860. The summed E-state index contributed by atoms with van der Waals surface area (Å²) < 4.78 is 0. The molecule has 1 aromatic carbocycles. The van der Waals surface area contributed by atoms with Crippen LogP contribution in [0, 0.1) is 6.92 Å². The zero-order valence-electron chi connectivity index (χ0n) is 9.95. The molecule has 0 heterocycles. The Morgan fingerprint density at radius 3 is 2.44 bits per heavy atom. The van der Waals surface area contributed by atoms with Gasteiger partial charge in [0.25, 0.3) is 0 Å². The van der Waals surface area contributed by atoms with Gasteiger partial charge < -0.3 is 10.4 Å². The Labute approximate surface area is 97.7 Å². The van der Waals surface area contributed by atoms with E-state index in [0.717, 1.165) is 0 Å². The van der Waals surface area contributed by atoms with Crippen LogP contribution in [0.25, 0.3) is 0 Å². The van der Waals surface area contributed by atoms with E-state index in [0.29, 0.717) is 6.04 Å². The summed E-state index contributed by atoms with van der Waals surface area (Å²) in [6, 6.07) is 9.13. The average Bonchev–Trinajstić information content (AvgIpc) is 2.80. The third kappa shape index (κ3) is 2.83. The summed E-state index contributed by atoms with van der Waals surface area (Å²) >= 11 is 0. The second-order valence-electron chi connectivity index (χ2n) is 4.79. The van der Waals surface area contributed by atoms with Crippen LogP contribution >= 0.6 is 0 Å². The molecule has 0 saturated heterocycles. The lowest BCUT2D eigenvalue weighted by atomic mass is 10.0. The molecule has 2 heteroatoms. The monoisotopic (exact) mass is 219 g/mol. The maximum absolute atomic E-state index is 9.45. The summed E-state index contributed by atoms with van der Waals surface area (Å²) in [5.41, 5.74) is 2.46. The summed E-state index contributed by atoms with van der Waals surface area (Å²) in [4.78, 5) is 0. The van der Waals surface area contributed by atoms with Crippen molar-refractivity contribution in [2.45, 2.75) is 44.7 Å². The van der Waals surface area contributed by atoms with Crippen LogP contribution in [-0.4, -0.2) is 17.8 Å². The fourth-order valence-electron chi connectivity index (χ4n) is 2.43. The highest BCUT2D eigenvalue weighted by molar-refractivity contribution is 5.24. The Morgan fingerprint density at radius 1 is 1.25 bits per heavy atom. The summed E-state index contributed by atoms with van der Waals surface area (Å²) in [5, 5.41) is 13.0. The van der Waals surface area contributed by atoms with E-state index in [9.17, 15) is 5.11 Å². The summed E-state index contributed by atoms with van der Waals surface area (Å²) in [6.07, 6.45) is 5.15. The van der Waals surface area contributed by atoms with Gasteiger partial charge in [0.1, 0.15) is 0 Å². The van der Waals surface area contributed by atoms with Crippen molar-refractivity contribution in [3.05, 3.63) is 35.4 Å². The lowest BCUT2D eigenvalue weighted by Gasteiger charge is -2.21. The van der Waals surface area contributed by atoms with E-state index in [1.807, 2.05) is 0 Å². The van der Waals surface area contributed by atoms with Gasteiger partial charge in [-0.3, -0.25) is 0 Å². The molecular formula is C14H21NO. The first-order chi connectivity index (χ1) is 7.79. The molecule has 2 rings (SSSR count). The van der Waals surface area contributed by atoms with Crippen molar-refractivity contribution < 1.29 is 5.11 Å². The first-order valence-corrected chi connectivity index (χ1v) is 6.23. The van der Waals surface area contributed by atoms with Crippen LogP contribution in [0.4, 0.5) is 0 Å². The van der Waals surface area contributed by atoms with Crippen molar-refractivity contribution >= 4 is 0 Å². The molecule has 2 N–H and O–H groups in total. The second kappa shape index (κ2) is 5.46. The normalized spacial score (nSPS) is 18.9. The fourth-order valence-corrected chi connectivity index (χ4v) is 2.43. The number of hydrogen-bond donors (Lipinski definition) is 2. The minimum absolute atomic E-state index is 0.101. The lowest BCUT2D eigenvalue weighted by Crippen LogP contribution is -2.32. The van der Waals surface area contributed by atoms with E-state index >= 15 is 0 Å². The van der Waals surface area contributed by atoms with E-state index in [1.165, 1.54) is 36.8 Å². The van der Waals surface area contributed by atoms with Crippen molar-refractivity contribution in [1.29, 1.82) is 0 Å². The van der Waals surface area contributed by atoms with Crippen molar-refractivity contribution in [2.24, 2.45) is 0 Å². The summed E-state index contributed by atoms with van der Waals surface area (Å²) in [6.45, 7) is 2.27. The fraction of sp³-hybridized carbons (Fsp3) is 0.571. The Bertz CT molecular complexity index is 314. The van der Waals surface area contributed by atoms with E-state index in [4.69, 9.17) is 0 Å². The number of nitrogens with one attached hydrogen (secondary N) is 1. The highest BCUT2D eigenvalue weighted by Crippen LogP contribution is 2.22. The minimum atomic E-state index is 0.101. The number of aryl methyl sites for hydroxylation is 1. The van der Waals surface area contributed by atoms with Crippen LogP contribution in [0.2, 0.25) is 0 Å². The zero-order chi connectivity index (χ0) is 11.4. The zero-order valence-corrected chi connectivity index (χ0v) is 9.95. The van der Waals surface area contributed by atoms with Crippen LogP contribution in [-0.2, 0) is 0 Å². The quantitative estimate of drug-likeness (QED) is 0.815. The first kappa shape index (κ1) is 11.6. The molecule has 88 valence electrons. The molecule has 1 aromatic rings. The average molecular weight is 219 g/mol. The van der Waals surface area contributed by atoms with Crippen LogP contribution in [0.3, 0.4) is 0 Å². The smallest absolute Gasteiger partial charge is 0.0626 e. The summed E-state index contributed by atoms with van der Waals surface area (Å²) in [5.74, 6) is 0. The van der Waals surface area contributed by atoms with Gasteiger partial charge in [0.05, 0.1) is 12.6 Å². The second-order valence-corrected chi connectivity index (χ2v) is 4.79.